The highest BCUT2D eigenvalue weighted by atomic mass is 79.9. The van der Waals surface area contributed by atoms with Crippen LogP contribution in [0, 0.1) is 0 Å². The van der Waals surface area contributed by atoms with Crippen molar-refractivity contribution in [2.45, 2.75) is 17.9 Å². The molecule has 0 aliphatic rings. The number of nitrogens with one attached hydrogen (secondary N) is 2. The standard InChI is InChI=1S/C16H16BrN3O2S/c1-11(23-10-12-5-7-13(17)8-6-12)15(21)19-20-16(22)14-4-2-3-9-18-14/h2-9,11H,10H2,1H3,(H,19,21)(H,20,22)/t11-/m1/s1. The van der Waals surface area contributed by atoms with Crippen molar-refractivity contribution in [2.75, 3.05) is 0 Å². The maximum absolute atomic E-state index is 12.0. The Labute approximate surface area is 147 Å². The van der Waals surface area contributed by atoms with Crippen molar-refractivity contribution in [3.05, 3.63) is 64.4 Å². The van der Waals surface area contributed by atoms with Crippen LogP contribution in [0.5, 0.6) is 0 Å². The summed E-state index contributed by atoms with van der Waals surface area (Å²) in [5, 5.41) is -0.289. The smallest absolute Gasteiger partial charge is 0.272 e. The molecule has 120 valence electrons. The minimum absolute atomic E-state index is 0.253. The molecular formula is C16H16BrN3O2S. The van der Waals surface area contributed by atoms with Crippen molar-refractivity contribution >= 4 is 39.5 Å². The Morgan fingerprint density at radius 3 is 2.57 bits per heavy atom. The quantitative estimate of drug-likeness (QED) is 0.766. The van der Waals surface area contributed by atoms with Crippen molar-refractivity contribution in [1.82, 2.24) is 15.8 Å². The van der Waals surface area contributed by atoms with Crippen molar-refractivity contribution in [3.8, 4) is 0 Å². The highest BCUT2D eigenvalue weighted by Gasteiger charge is 2.15. The van der Waals surface area contributed by atoms with Crippen LogP contribution < -0.4 is 10.9 Å². The number of pyridine rings is 1. The topological polar surface area (TPSA) is 71.1 Å². The highest BCUT2D eigenvalue weighted by molar-refractivity contribution is 9.10. The van der Waals surface area contributed by atoms with Crippen LogP contribution in [0.2, 0.25) is 0 Å². The molecule has 5 nitrogen and oxygen atoms in total. The van der Waals surface area contributed by atoms with E-state index in [1.807, 2.05) is 24.3 Å². The molecule has 2 aromatic rings. The second-order valence-electron chi connectivity index (χ2n) is 4.74. The molecule has 0 bridgehead atoms. The molecule has 0 saturated heterocycles. The summed E-state index contributed by atoms with van der Waals surface area (Å²) in [4.78, 5) is 27.7. The average Bonchev–Trinajstić information content (AvgIpc) is 2.59. The predicted octanol–water partition coefficient (Wildman–Crippen LogP) is 2.93. The van der Waals surface area contributed by atoms with Gasteiger partial charge in [0.05, 0.1) is 5.25 Å². The molecule has 0 aliphatic carbocycles. The summed E-state index contributed by atoms with van der Waals surface area (Å²) in [6, 6.07) is 12.9. The maximum Gasteiger partial charge on any atom is 0.288 e. The first-order valence-corrected chi connectivity index (χ1v) is 8.77. The van der Waals surface area contributed by atoms with E-state index in [1.165, 1.54) is 18.0 Å². The van der Waals surface area contributed by atoms with Gasteiger partial charge in [-0.3, -0.25) is 25.4 Å². The van der Waals surface area contributed by atoms with Crippen LogP contribution in [0.25, 0.3) is 0 Å². The lowest BCUT2D eigenvalue weighted by molar-refractivity contribution is -0.121. The van der Waals surface area contributed by atoms with Gasteiger partial charge in [-0.15, -0.1) is 11.8 Å². The summed E-state index contributed by atoms with van der Waals surface area (Å²) in [6.07, 6.45) is 1.52. The van der Waals surface area contributed by atoms with Crippen LogP contribution in [-0.4, -0.2) is 22.0 Å². The normalized spacial score (nSPS) is 11.6. The Balaban J connectivity index is 1.76. The highest BCUT2D eigenvalue weighted by Crippen LogP contribution is 2.19. The van der Waals surface area contributed by atoms with Gasteiger partial charge in [0, 0.05) is 16.4 Å². The third-order valence-corrected chi connectivity index (χ3v) is 4.72. The van der Waals surface area contributed by atoms with Crippen LogP contribution in [0.15, 0.2) is 53.1 Å². The van der Waals surface area contributed by atoms with Crippen LogP contribution in [0.3, 0.4) is 0 Å². The molecule has 0 fully saturated rings. The first-order chi connectivity index (χ1) is 11.1. The van der Waals surface area contributed by atoms with Crippen molar-refractivity contribution in [1.29, 1.82) is 0 Å². The summed E-state index contributed by atoms with van der Waals surface area (Å²) in [5.41, 5.74) is 6.17. The van der Waals surface area contributed by atoms with Gasteiger partial charge in [-0.1, -0.05) is 34.1 Å². The molecule has 7 heteroatoms. The third-order valence-electron chi connectivity index (χ3n) is 2.98. The molecule has 1 atom stereocenters. The van der Waals surface area contributed by atoms with Gasteiger partial charge in [0.15, 0.2) is 0 Å². The van der Waals surface area contributed by atoms with E-state index in [2.05, 4.69) is 31.8 Å². The zero-order valence-electron chi connectivity index (χ0n) is 12.5. The van der Waals surface area contributed by atoms with Gasteiger partial charge in [0.1, 0.15) is 5.69 Å². The van der Waals surface area contributed by atoms with Gasteiger partial charge in [-0.25, -0.2) is 0 Å². The average molecular weight is 394 g/mol. The molecule has 0 spiro atoms. The monoisotopic (exact) mass is 393 g/mol. The van der Waals surface area contributed by atoms with Crippen molar-refractivity contribution in [3.63, 3.8) is 0 Å². The first kappa shape index (κ1) is 17.5. The second-order valence-corrected chi connectivity index (χ2v) is 6.98. The lowest BCUT2D eigenvalue weighted by atomic mass is 10.2. The van der Waals surface area contributed by atoms with Gasteiger partial charge < -0.3 is 0 Å². The number of aromatic nitrogens is 1. The molecular weight excluding hydrogens is 378 g/mol. The summed E-state index contributed by atoms with van der Waals surface area (Å²) < 4.78 is 1.02. The molecule has 2 rings (SSSR count). The van der Waals surface area contributed by atoms with Gasteiger partial charge in [-0.2, -0.15) is 0 Å². The molecule has 1 aromatic carbocycles. The van der Waals surface area contributed by atoms with Crippen molar-refractivity contribution in [2.24, 2.45) is 0 Å². The van der Waals surface area contributed by atoms with E-state index < -0.39 is 5.91 Å². The maximum atomic E-state index is 12.0. The van der Waals surface area contributed by atoms with E-state index in [-0.39, 0.29) is 16.9 Å². The molecule has 0 radical (unpaired) electrons. The number of hydrogen-bond acceptors (Lipinski definition) is 4. The third kappa shape index (κ3) is 5.69. The number of hydrazine groups is 1. The van der Waals surface area contributed by atoms with Crippen LogP contribution in [-0.2, 0) is 10.5 Å². The summed E-state index contributed by atoms with van der Waals surface area (Å²) in [6.45, 7) is 1.80. The Morgan fingerprint density at radius 1 is 1.17 bits per heavy atom. The summed E-state index contributed by atoms with van der Waals surface area (Å²) in [7, 11) is 0. The number of halogens is 1. The van der Waals surface area contributed by atoms with E-state index in [0.29, 0.717) is 0 Å². The predicted molar refractivity (Wildman–Crippen MR) is 94.7 cm³/mol. The Kier molecular flexibility index (Phi) is 6.61. The molecule has 0 saturated carbocycles. The van der Waals surface area contributed by atoms with E-state index in [4.69, 9.17) is 0 Å². The fourth-order valence-corrected chi connectivity index (χ4v) is 2.77. The minimum atomic E-state index is -0.441. The number of thioether (sulfide) groups is 1. The van der Waals surface area contributed by atoms with E-state index in [0.717, 1.165) is 15.8 Å². The van der Waals surface area contributed by atoms with Gasteiger partial charge in [-0.05, 0) is 36.8 Å². The molecule has 0 aliphatic heterocycles. The van der Waals surface area contributed by atoms with Gasteiger partial charge >= 0.3 is 0 Å². The van der Waals surface area contributed by atoms with Gasteiger partial charge in [0.2, 0.25) is 0 Å². The molecule has 2 N–H and O–H groups in total. The SMILES string of the molecule is C[C@@H](SCc1ccc(Br)cc1)C(=O)NNC(=O)c1ccccn1. The molecule has 1 aromatic heterocycles. The fraction of sp³-hybridized carbons (Fsp3) is 0.188. The first-order valence-electron chi connectivity index (χ1n) is 6.93. The lowest BCUT2D eigenvalue weighted by Gasteiger charge is -2.12. The molecule has 2 amide bonds. The number of hydrogen-bond donors (Lipinski definition) is 2. The van der Waals surface area contributed by atoms with E-state index in [9.17, 15) is 9.59 Å². The fourth-order valence-electron chi connectivity index (χ4n) is 1.66. The Hall–Kier alpha value is -1.86. The molecule has 1 heterocycles. The summed E-state index contributed by atoms with van der Waals surface area (Å²) in [5.74, 6) is 0.0243. The zero-order chi connectivity index (χ0) is 16.7. The summed E-state index contributed by atoms with van der Waals surface area (Å²) >= 11 is 4.88. The van der Waals surface area contributed by atoms with Crippen LogP contribution in [0.4, 0.5) is 0 Å². The van der Waals surface area contributed by atoms with E-state index >= 15 is 0 Å². The van der Waals surface area contributed by atoms with Crippen LogP contribution in [0.1, 0.15) is 23.0 Å². The Bertz CT molecular complexity index is 665. The number of benzene rings is 1. The number of carbonyl (C=O) groups is 2. The Morgan fingerprint density at radius 2 is 1.91 bits per heavy atom. The van der Waals surface area contributed by atoms with Gasteiger partial charge in [0.25, 0.3) is 11.8 Å². The molecule has 23 heavy (non-hydrogen) atoms. The van der Waals surface area contributed by atoms with Crippen LogP contribution >= 0.6 is 27.7 Å². The van der Waals surface area contributed by atoms with E-state index in [1.54, 1.807) is 25.1 Å². The number of rotatable bonds is 5. The number of amides is 2. The lowest BCUT2D eigenvalue weighted by Crippen LogP contribution is -2.45. The minimum Gasteiger partial charge on any atom is -0.272 e. The zero-order valence-corrected chi connectivity index (χ0v) is 14.9. The number of carbonyl (C=O) groups excluding carboxylic acids is 2. The van der Waals surface area contributed by atoms with Crippen molar-refractivity contribution < 1.29 is 9.59 Å². The largest absolute Gasteiger partial charge is 0.288 e. The number of nitrogens with zero attached hydrogens (tertiary/aromatic N) is 1. The second kappa shape index (κ2) is 8.69. The molecule has 0 unspecified atom stereocenters.